The molecule has 5 nitrogen and oxygen atoms in total. The van der Waals surface area contributed by atoms with E-state index in [2.05, 4.69) is 5.10 Å². The van der Waals surface area contributed by atoms with E-state index >= 15 is 0 Å². The first-order valence-electron chi connectivity index (χ1n) is 7.11. The SMILES string of the molecule is COc1ccc([C@H]2CC(N)=NN2c2ccc(OC)cc2)cc1. The number of hydrazone groups is 1. The molecule has 0 spiro atoms. The average molecular weight is 297 g/mol. The molecule has 114 valence electrons. The van der Waals surface area contributed by atoms with Crippen molar-refractivity contribution in [1.29, 1.82) is 0 Å². The fraction of sp³-hybridized carbons (Fsp3) is 0.235. The van der Waals surface area contributed by atoms with Crippen LogP contribution in [0.4, 0.5) is 5.69 Å². The Balaban J connectivity index is 1.89. The predicted octanol–water partition coefficient (Wildman–Crippen LogP) is 2.93. The van der Waals surface area contributed by atoms with Crippen molar-refractivity contribution < 1.29 is 9.47 Å². The van der Waals surface area contributed by atoms with Crippen molar-refractivity contribution >= 4 is 11.5 Å². The molecule has 0 unspecified atom stereocenters. The van der Waals surface area contributed by atoms with Crippen molar-refractivity contribution in [2.75, 3.05) is 19.2 Å². The molecule has 1 atom stereocenters. The number of ether oxygens (including phenoxy) is 2. The number of nitrogens with two attached hydrogens (primary N) is 1. The first-order chi connectivity index (χ1) is 10.7. The summed E-state index contributed by atoms with van der Waals surface area (Å²) in [5, 5.41) is 6.43. The molecular formula is C17H19N3O2. The van der Waals surface area contributed by atoms with E-state index in [9.17, 15) is 0 Å². The normalized spacial score (nSPS) is 17.3. The molecule has 0 aliphatic carbocycles. The minimum atomic E-state index is 0.0966. The van der Waals surface area contributed by atoms with Crippen LogP contribution in [0.25, 0.3) is 0 Å². The maximum Gasteiger partial charge on any atom is 0.122 e. The molecule has 2 aromatic rings. The molecule has 0 bridgehead atoms. The molecular weight excluding hydrogens is 278 g/mol. The average Bonchev–Trinajstić information content (AvgIpc) is 2.97. The van der Waals surface area contributed by atoms with E-state index in [0.29, 0.717) is 12.3 Å². The van der Waals surface area contributed by atoms with Gasteiger partial charge in [0.05, 0.1) is 25.9 Å². The van der Waals surface area contributed by atoms with Crippen molar-refractivity contribution in [3.05, 3.63) is 54.1 Å². The summed E-state index contributed by atoms with van der Waals surface area (Å²) in [6.07, 6.45) is 0.707. The molecule has 1 heterocycles. The van der Waals surface area contributed by atoms with Crippen LogP contribution in [-0.4, -0.2) is 20.1 Å². The number of benzene rings is 2. The van der Waals surface area contributed by atoms with Crippen LogP contribution in [0.15, 0.2) is 53.6 Å². The van der Waals surface area contributed by atoms with E-state index in [-0.39, 0.29) is 6.04 Å². The Kier molecular flexibility index (Phi) is 3.87. The van der Waals surface area contributed by atoms with Crippen LogP contribution in [0.3, 0.4) is 0 Å². The third-order valence-corrected chi connectivity index (χ3v) is 3.77. The summed E-state index contributed by atoms with van der Waals surface area (Å²) < 4.78 is 10.4. The molecule has 0 radical (unpaired) electrons. The summed E-state index contributed by atoms with van der Waals surface area (Å²) in [6.45, 7) is 0. The number of hydrogen-bond donors (Lipinski definition) is 1. The Hall–Kier alpha value is -2.69. The molecule has 3 rings (SSSR count). The van der Waals surface area contributed by atoms with Gasteiger partial charge in [-0.3, -0.25) is 5.01 Å². The number of anilines is 1. The van der Waals surface area contributed by atoms with Crippen LogP contribution in [0.2, 0.25) is 0 Å². The summed E-state index contributed by atoms with van der Waals surface area (Å²) in [4.78, 5) is 0. The van der Waals surface area contributed by atoms with Gasteiger partial charge in [0.15, 0.2) is 0 Å². The Morgan fingerprint density at radius 3 is 2.05 bits per heavy atom. The number of hydrogen-bond acceptors (Lipinski definition) is 5. The topological polar surface area (TPSA) is 60.1 Å². The Morgan fingerprint density at radius 2 is 1.50 bits per heavy atom. The van der Waals surface area contributed by atoms with Crippen LogP contribution in [0, 0.1) is 0 Å². The highest BCUT2D eigenvalue weighted by molar-refractivity contribution is 5.85. The van der Waals surface area contributed by atoms with Gasteiger partial charge in [0.2, 0.25) is 0 Å². The van der Waals surface area contributed by atoms with Gasteiger partial charge in [-0.25, -0.2) is 0 Å². The Bertz CT molecular complexity index is 665. The predicted molar refractivity (Wildman–Crippen MR) is 87.4 cm³/mol. The molecule has 1 aliphatic rings. The third kappa shape index (κ3) is 2.70. The minimum Gasteiger partial charge on any atom is -0.497 e. The summed E-state index contributed by atoms with van der Waals surface area (Å²) in [6, 6.07) is 15.9. The van der Waals surface area contributed by atoms with E-state index in [1.807, 2.05) is 53.5 Å². The minimum absolute atomic E-state index is 0.0966. The highest BCUT2D eigenvalue weighted by Gasteiger charge is 2.28. The fourth-order valence-electron chi connectivity index (χ4n) is 2.59. The third-order valence-electron chi connectivity index (χ3n) is 3.77. The standard InChI is InChI=1S/C17H19N3O2/c1-21-14-7-3-12(4-8-14)16-11-17(18)19-20(16)13-5-9-15(22-2)10-6-13/h3-10,16H,11H2,1-2H3,(H2,18,19)/t16-/m1/s1. The van der Waals surface area contributed by atoms with Gasteiger partial charge in [0.1, 0.15) is 17.3 Å². The lowest BCUT2D eigenvalue weighted by molar-refractivity contribution is 0.414. The molecule has 0 saturated carbocycles. The second kappa shape index (κ2) is 5.97. The lowest BCUT2D eigenvalue weighted by atomic mass is 10.0. The van der Waals surface area contributed by atoms with Gasteiger partial charge in [0.25, 0.3) is 0 Å². The van der Waals surface area contributed by atoms with Gasteiger partial charge in [-0.05, 0) is 42.0 Å². The molecule has 0 fully saturated rings. The van der Waals surface area contributed by atoms with Gasteiger partial charge in [-0.2, -0.15) is 5.10 Å². The highest BCUT2D eigenvalue weighted by atomic mass is 16.5. The Labute approximate surface area is 129 Å². The molecule has 5 heteroatoms. The smallest absolute Gasteiger partial charge is 0.122 e. The highest BCUT2D eigenvalue weighted by Crippen LogP contribution is 2.35. The number of amidine groups is 1. The zero-order chi connectivity index (χ0) is 15.5. The summed E-state index contributed by atoms with van der Waals surface area (Å²) in [5.74, 6) is 2.30. The molecule has 0 saturated heterocycles. The first-order valence-corrected chi connectivity index (χ1v) is 7.11. The van der Waals surface area contributed by atoms with Crippen LogP contribution < -0.4 is 20.2 Å². The largest absolute Gasteiger partial charge is 0.497 e. The van der Waals surface area contributed by atoms with Gasteiger partial charge in [-0.15, -0.1) is 0 Å². The van der Waals surface area contributed by atoms with E-state index in [1.165, 1.54) is 0 Å². The van der Waals surface area contributed by atoms with Crippen LogP contribution in [0.5, 0.6) is 11.5 Å². The number of rotatable bonds is 4. The van der Waals surface area contributed by atoms with Crippen molar-refractivity contribution in [3.63, 3.8) is 0 Å². The van der Waals surface area contributed by atoms with E-state index in [0.717, 1.165) is 22.7 Å². The quantitative estimate of drug-likeness (QED) is 0.942. The summed E-state index contributed by atoms with van der Waals surface area (Å²) in [5.41, 5.74) is 8.10. The Morgan fingerprint density at radius 1 is 0.955 bits per heavy atom. The fourth-order valence-corrected chi connectivity index (χ4v) is 2.59. The van der Waals surface area contributed by atoms with Gasteiger partial charge in [0, 0.05) is 6.42 Å². The number of methoxy groups -OCH3 is 2. The van der Waals surface area contributed by atoms with E-state index in [4.69, 9.17) is 15.2 Å². The molecule has 22 heavy (non-hydrogen) atoms. The molecule has 2 N–H and O–H groups in total. The maximum absolute atomic E-state index is 5.96. The van der Waals surface area contributed by atoms with E-state index < -0.39 is 0 Å². The van der Waals surface area contributed by atoms with Gasteiger partial charge >= 0.3 is 0 Å². The molecule has 0 aromatic heterocycles. The number of nitrogens with zero attached hydrogens (tertiary/aromatic N) is 2. The molecule has 2 aromatic carbocycles. The van der Waals surface area contributed by atoms with Crippen molar-refractivity contribution in [2.45, 2.75) is 12.5 Å². The lowest BCUT2D eigenvalue weighted by Gasteiger charge is -2.24. The summed E-state index contributed by atoms with van der Waals surface area (Å²) in [7, 11) is 3.32. The molecule has 1 aliphatic heterocycles. The van der Waals surface area contributed by atoms with E-state index in [1.54, 1.807) is 14.2 Å². The van der Waals surface area contributed by atoms with Crippen LogP contribution in [-0.2, 0) is 0 Å². The van der Waals surface area contributed by atoms with Crippen LogP contribution >= 0.6 is 0 Å². The first kappa shape index (κ1) is 14.3. The second-order valence-electron chi connectivity index (χ2n) is 5.13. The van der Waals surface area contributed by atoms with Crippen molar-refractivity contribution in [2.24, 2.45) is 10.8 Å². The van der Waals surface area contributed by atoms with Crippen LogP contribution in [0.1, 0.15) is 18.0 Å². The summed E-state index contributed by atoms with van der Waals surface area (Å²) >= 11 is 0. The second-order valence-corrected chi connectivity index (χ2v) is 5.13. The van der Waals surface area contributed by atoms with Gasteiger partial charge < -0.3 is 15.2 Å². The van der Waals surface area contributed by atoms with Crippen molar-refractivity contribution in [1.82, 2.24) is 0 Å². The lowest BCUT2D eigenvalue weighted by Crippen LogP contribution is -2.18. The molecule has 0 amide bonds. The van der Waals surface area contributed by atoms with Crippen molar-refractivity contribution in [3.8, 4) is 11.5 Å². The zero-order valence-electron chi connectivity index (χ0n) is 12.7. The monoisotopic (exact) mass is 297 g/mol. The zero-order valence-corrected chi connectivity index (χ0v) is 12.7. The maximum atomic E-state index is 5.96. The van der Waals surface area contributed by atoms with Gasteiger partial charge in [-0.1, -0.05) is 12.1 Å².